The summed E-state index contributed by atoms with van der Waals surface area (Å²) in [4.78, 5) is 11.1. The molecule has 146 valence electrons. The number of carbonyl (C=O) groups is 1. The van der Waals surface area contributed by atoms with E-state index in [2.05, 4.69) is 5.32 Å². The molecule has 6 heteroatoms. The first kappa shape index (κ1) is 20.7. The lowest BCUT2D eigenvalue weighted by molar-refractivity contribution is -0.152. The first-order valence-electron chi connectivity index (χ1n) is 8.91. The van der Waals surface area contributed by atoms with Gasteiger partial charge in [-0.25, -0.2) is 4.79 Å². The Labute approximate surface area is 159 Å². The standard InChI is InChI=1S/C21H27NO5/c1-14(19(24)16-6-8-17(23)9-7-16)22-13-12-15-4-10-18(11-5-15)27-21(2,3)20(25)26/h4-11,14,19,22-24H,12-13H2,1-3H3,(H,25,26)/t14-,19-/m0/s1. The Hall–Kier alpha value is -2.57. The maximum atomic E-state index is 11.1. The monoisotopic (exact) mass is 373 g/mol. The molecule has 0 amide bonds. The zero-order valence-electron chi connectivity index (χ0n) is 15.8. The number of carboxylic acids is 1. The molecule has 0 aliphatic heterocycles. The normalized spacial score (nSPS) is 13.8. The quantitative estimate of drug-likeness (QED) is 0.539. The average molecular weight is 373 g/mol. The van der Waals surface area contributed by atoms with E-state index in [0.29, 0.717) is 12.3 Å². The Bertz CT molecular complexity index is 740. The van der Waals surface area contributed by atoms with Crippen LogP contribution in [-0.2, 0) is 11.2 Å². The Kier molecular flexibility index (Phi) is 6.82. The number of benzene rings is 2. The second-order valence-electron chi connectivity index (χ2n) is 7.09. The summed E-state index contributed by atoms with van der Waals surface area (Å²) in [6.45, 7) is 5.60. The third-order valence-corrected chi connectivity index (χ3v) is 4.40. The molecule has 0 radical (unpaired) electrons. The predicted octanol–water partition coefficient (Wildman–Crippen LogP) is 2.89. The van der Waals surface area contributed by atoms with Crippen LogP contribution in [0.25, 0.3) is 0 Å². The highest BCUT2D eigenvalue weighted by Crippen LogP contribution is 2.21. The Morgan fingerprint density at radius 2 is 1.70 bits per heavy atom. The van der Waals surface area contributed by atoms with Gasteiger partial charge in [0.15, 0.2) is 5.60 Å². The van der Waals surface area contributed by atoms with Gasteiger partial charge in [-0.2, -0.15) is 0 Å². The number of hydrogen-bond acceptors (Lipinski definition) is 5. The van der Waals surface area contributed by atoms with Crippen LogP contribution in [0.4, 0.5) is 0 Å². The van der Waals surface area contributed by atoms with E-state index in [1.54, 1.807) is 36.4 Å². The van der Waals surface area contributed by atoms with Gasteiger partial charge in [-0.05, 0) is 69.1 Å². The molecule has 0 bridgehead atoms. The second kappa shape index (κ2) is 8.88. The number of aliphatic hydroxyl groups is 1. The third-order valence-electron chi connectivity index (χ3n) is 4.40. The molecule has 2 aromatic carbocycles. The molecule has 0 aliphatic carbocycles. The number of rotatable bonds is 9. The van der Waals surface area contributed by atoms with Crippen molar-refractivity contribution in [2.24, 2.45) is 0 Å². The van der Waals surface area contributed by atoms with E-state index in [1.165, 1.54) is 13.8 Å². The lowest BCUT2D eigenvalue weighted by Gasteiger charge is -2.22. The molecule has 0 fully saturated rings. The first-order valence-corrected chi connectivity index (χ1v) is 8.91. The molecular weight excluding hydrogens is 346 g/mol. The molecule has 27 heavy (non-hydrogen) atoms. The zero-order chi connectivity index (χ0) is 20.0. The van der Waals surface area contributed by atoms with E-state index in [0.717, 1.165) is 17.5 Å². The summed E-state index contributed by atoms with van der Waals surface area (Å²) in [6.07, 6.45) is 0.0922. The molecule has 2 rings (SSSR count). The van der Waals surface area contributed by atoms with E-state index in [9.17, 15) is 15.0 Å². The van der Waals surface area contributed by atoms with Gasteiger partial charge in [0.05, 0.1) is 6.10 Å². The van der Waals surface area contributed by atoms with Crippen molar-refractivity contribution >= 4 is 5.97 Å². The molecule has 6 nitrogen and oxygen atoms in total. The molecule has 0 unspecified atom stereocenters. The second-order valence-corrected chi connectivity index (χ2v) is 7.09. The number of ether oxygens (including phenoxy) is 1. The smallest absolute Gasteiger partial charge is 0.347 e. The number of phenols is 1. The molecule has 0 aliphatic rings. The summed E-state index contributed by atoms with van der Waals surface area (Å²) >= 11 is 0. The molecule has 0 spiro atoms. The van der Waals surface area contributed by atoms with Crippen molar-refractivity contribution in [2.45, 2.75) is 44.9 Å². The number of phenolic OH excluding ortho intramolecular Hbond substituents is 1. The summed E-state index contributed by atoms with van der Waals surface area (Å²) in [5, 5.41) is 32.1. The van der Waals surface area contributed by atoms with Crippen molar-refractivity contribution in [3.8, 4) is 11.5 Å². The molecule has 2 aromatic rings. The van der Waals surface area contributed by atoms with E-state index < -0.39 is 17.7 Å². The van der Waals surface area contributed by atoms with E-state index in [1.807, 2.05) is 19.1 Å². The lowest BCUT2D eigenvalue weighted by Crippen LogP contribution is -2.37. The summed E-state index contributed by atoms with van der Waals surface area (Å²) in [6, 6.07) is 13.7. The number of carboxylic acid groups (broad SMARTS) is 1. The van der Waals surface area contributed by atoms with Crippen molar-refractivity contribution in [1.29, 1.82) is 0 Å². The van der Waals surface area contributed by atoms with Crippen LogP contribution in [-0.4, -0.2) is 39.5 Å². The maximum absolute atomic E-state index is 11.1. The number of aliphatic hydroxyl groups excluding tert-OH is 1. The van der Waals surface area contributed by atoms with Crippen LogP contribution >= 0.6 is 0 Å². The Morgan fingerprint density at radius 1 is 1.11 bits per heavy atom. The largest absolute Gasteiger partial charge is 0.508 e. The highest BCUT2D eigenvalue weighted by molar-refractivity contribution is 5.76. The molecule has 0 aromatic heterocycles. The number of nitrogens with one attached hydrogen (secondary N) is 1. The van der Waals surface area contributed by atoms with Crippen molar-refractivity contribution in [3.05, 3.63) is 59.7 Å². The minimum Gasteiger partial charge on any atom is -0.508 e. The van der Waals surface area contributed by atoms with Crippen LogP contribution in [0.5, 0.6) is 11.5 Å². The average Bonchev–Trinajstić information content (AvgIpc) is 2.62. The first-order chi connectivity index (χ1) is 12.7. The fourth-order valence-corrected chi connectivity index (χ4v) is 2.58. The highest BCUT2D eigenvalue weighted by atomic mass is 16.5. The summed E-state index contributed by atoms with van der Waals surface area (Å²) in [7, 11) is 0. The minimum absolute atomic E-state index is 0.145. The molecule has 0 saturated carbocycles. The van der Waals surface area contributed by atoms with Gasteiger partial charge in [-0.15, -0.1) is 0 Å². The van der Waals surface area contributed by atoms with Gasteiger partial charge in [-0.3, -0.25) is 0 Å². The van der Waals surface area contributed by atoms with Crippen molar-refractivity contribution in [2.75, 3.05) is 6.54 Å². The third kappa shape index (κ3) is 5.98. The summed E-state index contributed by atoms with van der Waals surface area (Å²) in [5.41, 5.74) is 0.549. The summed E-state index contributed by atoms with van der Waals surface area (Å²) in [5.74, 6) is -0.335. The Balaban J connectivity index is 1.82. The van der Waals surface area contributed by atoms with Gasteiger partial charge in [0.1, 0.15) is 11.5 Å². The molecular formula is C21H27NO5. The lowest BCUT2D eigenvalue weighted by atomic mass is 10.0. The van der Waals surface area contributed by atoms with Gasteiger partial charge in [-0.1, -0.05) is 24.3 Å². The van der Waals surface area contributed by atoms with E-state index in [4.69, 9.17) is 9.84 Å². The van der Waals surface area contributed by atoms with Crippen LogP contribution in [0.15, 0.2) is 48.5 Å². The molecule has 0 heterocycles. The topological polar surface area (TPSA) is 99.0 Å². The SMILES string of the molecule is C[C@H](NCCc1ccc(OC(C)(C)C(=O)O)cc1)[C@H](O)c1ccc(O)cc1. The van der Waals surface area contributed by atoms with Crippen LogP contribution in [0.3, 0.4) is 0 Å². The van der Waals surface area contributed by atoms with Gasteiger partial charge >= 0.3 is 5.97 Å². The zero-order valence-corrected chi connectivity index (χ0v) is 15.8. The van der Waals surface area contributed by atoms with E-state index in [-0.39, 0.29) is 11.8 Å². The van der Waals surface area contributed by atoms with Gasteiger partial charge in [0, 0.05) is 6.04 Å². The predicted molar refractivity (Wildman–Crippen MR) is 103 cm³/mol. The number of hydrogen-bond donors (Lipinski definition) is 4. The van der Waals surface area contributed by atoms with Crippen LogP contribution < -0.4 is 10.1 Å². The Morgan fingerprint density at radius 3 is 2.26 bits per heavy atom. The highest BCUT2D eigenvalue weighted by Gasteiger charge is 2.29. The number of aliphatic carboxylic acids is 1. The van der Waals surface area contributed by atoms with Crippen LogP contribution in [0, 0.1) is 0 Å². The van der Waals surface area contributed by atoms with Crippen molar-refractivity contribution < 1.29 is 24.9 Å². The fraction of sp³-hybridized carbons (Fsp3) is 0.381. The molecule has 0 saturated heterocycles. The van der Waals surface area contributed by atoms with Crippen LogP contribution in [0.1, 0.15) is 38.0 Å². The van der Waals surface area contributed by atoms with Gasteiger partial charge in [0.25, 0.3) is 0 Å². The fourth-order valence-electron chi connectivity index (χ4n) is 2.58. The van der Waals surface area contributed by atoms with Gasteiger partial charge < -0.3 is 25.4 Å². The van der Waals surface area contributed by atoms with Gasteiger partial charge in [0.2, 0.25) is 0 Å². The van der Waals surface area contributed by atoms with Crippen LogP contribution in [0.2, 0.25) is 0 Å². The maximum Gasteiger partial charge on any atom is 0.347 e. The minimum atomic E-state index is -1.27. The van der Waals surface area contributed by atoms with Crippen molar-refractivity contribution in [1.82, 2.24) is 5.32 Å². The summed E-state index contributed by atoms with van der Waals surface area (Å²) < 4.78 is 5.48. The molecule has 2 atom stereocenters. The molecule has 4 N–H and O–H groups in total. The van der Waals surface area contributed by atoms with Crippen molar-refractivity contribution in [3.63, 3.8) is 0 Å². The number of aromatic hydroxyl groups is 1. The van der Waals surface area contributed by atoms with E-state index >= 15 is 0 Å².